The highest BCUT2D eigenvalue weighted by atomic mass is 35.5. The maximum absolute atomic E-state index is 11.3. The second kappa shape index (κ2) is 6.76. The number of carbonyl (C=O) groups is 1. The molecule has 1 aromatic heterocycles. The molecule has 5 nitrogen and oxygen atoms in total. The molecule has 0 aliphatic heterocycles. The number of hydrogen-bond donors (Lipinski definition) is 2. The number of nitrogens with two attached hydrogens (primary N) is 1. The van der Waals surface area contributed by atoms with Crippen molar-refractivity contribution in [3.05, 3.63) is 58.5 Å². The maximum atomic E-state index is 11.3. The molecular formula is C15H18ClN3O2. The third-order valence-electron chi connectivity index (χ3n) is 3.41. The molecule has 6 heteroatoms. The van der Waals surface area contributed by atoms with Gasteiger partial charge in [0, 0.05) is 11.1 Å². The number of halogens is 1. The summed E-state index contributed by atoms with van der Waals surface area (Å²) in [4.78, 5) is 13.5. The van der Waals surface area contributed by atoms with Crippen LogP contribution in [-0.4, -0.2) is 17.9 Å². The molecule has 3 N–H and O–H groups in total. The van der Waals surface area contributed by atoms with E-state index in [4.69, 9.17) is 21.9 Å². The van der Waals surface area contributed by atoms with E-state index in [9.17, 15) is 4.79 Å². The summed E-state index contributed by atoms with van der Waals surface area (Å²) in [6, 6.07) is 11.3. The zero-order valence-corrected chi connectivity index (χ0v) is 12.7. The third-order valence-corrected chi connectivity index (χ3v) is 3.65. The average Bonchev–Trinajstić information content (AvgIpc) is 2.94. The number of carbonyl (C=O) groups excluding carboxylic acids is 1. The Balaban J connectivity index is 2.05. The lowest BCUT2D eigenvalue weighted by molar-refractivity contribution is 0.0921. The van der Waals surface area contributed by atoms with Gasteiger partial charge in [0.1, 0.15) is 5.76 Å². The van der Waals surface area contributed by atoms with E-state index >= 15 is 0 Å². The van der Waals surface area contributed by atoms with E-state index in [2.05, 4.69) is 11.8 Å². The van der Waals surface area contributed by atoms with Crippen LogP contribution < -0.4 is 11.3 Å². The van der Waals surface area contributed by atoms with E-state index in [1.54, 1.807) is 12.1 Å². The normalized spacial score (nSPS) is 12.4. The van der Waals surface area contributed by atoms with Crippen LogP contribution in [0.3, 0.4) is 0 Å². The molecule has 21 heavy (non-hydrogen) atoms. The first-order chi connectivity index (χ1) is 10.0. The second-order valence-electron chi connectivity index (χ2n) is 4.89. The van der Waals surface area contributed by atoms with Gasteiger partial charge in [-0.15, -0.1) is 0 Å². The van der Waals surface area contributed by atoms with Gasteiger partial charge in [-0.05, 0) is 43.8 Å². The summed E-state index contributed by atoms with van der Waals surface area (Å²) in [6.45, 7) is 2.66. The number of nitrogens with one attached hydrogen (secondary N) is 1. The molecule has 1 heterocycles. The van der Waals surface area contributed by atoms with Gasteiger partial charge in [-0.1, -0.05) is 23.7 Å². The number of amides is 1. The SMILES string of the molecule is CC(c1cccc(Cl)c1)N(C)Cc1ccc(C(=O)NN)o1. The van der Waals surface area contributed by atoms with Crippen molar-refractivity contribution in [3.63, 3.8) is 0 Å². The Hall–Kier alpha value is -1.82. The van der Waals surface area contributed by atoms with E-state index in [0.29, 0.717) is 17.3 Å². The fourth-order valence-corrected chi connectivity index (χ4v) is 2.26. The van der Waals surface area contributed by atoms with E-state index in [1.807, 2.05) is 36.7 Å². The van der Waals surface area contributed by atoms with E-state index < -0.39 is 5.91 Å². The van der Waals surface area contributed by atoms with Crippen molar-refractivity contribution in [1.29, 1.82) is 0 Å². The summed E-state index contributed by atoms with van der Waals surface area (Å²) in [5, 5.41) is 0.715. The van der Waals surface area contributed by atoms with Crippen molar-refractivity contribution >= 4 is 17.5 Å². The Morgan fingerprint density at radius 3 is 2.86 bits per heavy atom. The smallest absolute Gasteiger partial charge is 0.300 e. The number of nitrogens with zero attached hydrogens (tertiary/aromatic N) is 1. The van der Waals surface area contributed by atoms with Gasteiger partial charge in [-0.3, -0.25) is 15.1 Å². The summed E-state index contributed by atoms with van der Waals surface area (Å²) in [7, 11) is 1.98. The molecule has 1 aromatic carbocycles. The molecule has 1 unspecified atom stereocenters. The van der Waals surface area contributed by atoms with Crippen molar-refractivity contribution in [1.82, 2.24) is 10.3 Å². The highest BCUT2D eigenvalue weighted by Crippen LogP contribution is 2.23. The Morgan fingerprint density at radius 1 is 1.43 bits per heavy atom. The summed E-state index contributed by atoms with van der Waals surface area (Å²) < 4.78 is 5.46. The van der Waals surface area contributed by atoms with Crippen LogP contribution >= 0.6 is 11.6 Å². The lowest BCUT2D eigenvalue weighted by atomic mass is 10.1. The summed E-state index contributed by atoms with van der Waals surface area (Å²) in [5.41, 5.74) is 3.16. The molecule has 1 amide bonds. The lowest BCUT2D eigenvalue weighted by Crippen LogP contribution is -2.29. The van der Waals surface area contributed by atoms with Crippen LogP contribution in [0.5, 0.6) is 0 Å². The molecular weight excluding hydrogens is 290 g/mol. The number of rotatable bonds is 5. The first-order valence-corrected chi connectivity index (χ1v) is 6.94. The van der Waals surface area contributed by atoms with Gasteiger partial charge in [0.05, 0.1) is 6.54 Å². The molecule has 2 aromatic rings. The minimum absolute atomic E-state index is 0.167. The summed E-state index contributed by atoms with van der Waals surface area (Å²) in [5.74, 6) is 5.54. The number of nitrogen functional groups attached to an aromatic ring is 1. The molecule has 0 aliphatic carbocycles. The quantitative estimate of drug-likeness (QED) is 0.506. The standard InChI is InChI=1S/C15H18ClN3O2/c1-10(11-4-3-5-12(16)8-11)19(2)9-13-6-7-14(21-13)15(20)18-17/h3-8,10H,9,17H2,1-2H3,(H,18,20). The Labute approximate surface area is 128 Å². The highest BCUT2D eigenvalue weighted by molar-refractivity contribution is 6.30. The summed E-state index contributed by atoms with van der Waals surface area (Å²) in [6.07, 6.45) is 0. The van der Waals surface area contributed by atoms with Gasteiger partial charge >= 0.3 is 5.91 Å². The van der Waals surface area contributed by atoms with Gasteiger partial charge in [0.15, 0.2) is 5.76 Å². The minimum atomic E-state index is -0.438. The van der Waals surface area contributed by atoms with Crippen LogP contribution in [0.2, 0.25) is 5.02 Å². The van der Waals surface area contributed by atoms with Gasteiger partial charge in [-0.2, -0.15) is 0 Å². The van der Waals surface area contributed by atoms with Gasteiger partial charge in [0.2, 0.25) is 0 Å². The highest BCUT2D eigenvalue weighted by Gasteiger charge is 2.15. The molecule has 0 radical (unpaired) electrons. The van der Waals surface area contributed by atoms with Crippen molar-refractivity contribution in [2.45, 2.75) is 19.5 Å². The topological polar surface area (TPSA) is 71.5 Å². The van der Waals surface area contributed by atoms with Crippen LogP contribution in [0.1, 0.15) is 34.8 Å². The Morgan fingerprint density at radius 2 is 2.19 bits per heavy atom. The molecule has 112 valence electrons. The minimum Gasteiger partial charge on any atom is -0.455 e. The van der Waals surface area contributed by atoms with Crippen LogP contribution in [0.4, 0.5) is 0 Å². The Kier molecular flexibility index (Phi) is 5.01. The van der Waals surface area contributed by atoms with Crippen LogP contribution in [-0.2, 0) is 6.54 Å². The number of benzene rings is 1. The molecule has 0 bridgehead atoms. The van der Waals surface area contributed by atoms with E-state index in [-0.39, 0.29) is 11.8 Å². The first-order valence-electron chi connectivity index (χ1n) is 6.56. The molecule has 0 aliphatic rings. The predicted molar refractivity (Wildman–Crippen MR) is 81.7 cm³/mol. The fourth-order valence-electron chi connectivity index (χ4n) is 2.06. The number of furan rings is 1. The number of hydrogen-bond acceptors (Lipinski definition) is 4. The third kappa shape index (κ3) is 3.85. The Bertz CT molecular complexity index is 627. The first kappa shape index (κ1) is 15.6. The van der Waals surface area contributed by atoms with Gasteiger partial charge in [0.25, 0.3) is 0 Å². The van der Waals surface area contributed by atoms with Crippen molar-refractivity contribution in [2.24, 2.45) is 5.84 Å². The maximum Gasteiger partial charge on any atom is 0.300 e. The molecule has 0 fully saturated rings. The average molecular weight is 308 g/mol. The van der Waals surface area contributed by atoms with Crippen molar-refractivity contribution in [3.8, 4) is 0 Å². The van der Waals surface area contributed by atoms with E-state index in [0.717, 1.165) is 5.56 Å². The zero-order chi connectivity index (χ0) is 15.4. The van der Waals surface area contributed by atoms with Gasteiger partial charge < -0.3 is 4.42 Å². The van der Waals surface area contributed by atoms with Crippen LogP contribution in [0.25, 0.3) is 0 Å². The van der Waals surface area contributed by atoms with Crippen molar-refractivity contribution in [2.75, 3.05) is 7.05 Å². The monoisotopic (exact) mass is 307 g/mol. The largest absolute Gasteiger partial charge is 0.455 e. The summed E-state index contributed by atoms with van der Waals surface area (Å²) >= 11 is 6.01. The second-order valence-corrected chi connectivity index (χ2v) is 5.32. The van der Waals surface area contributed by atoms with Crippen LogP contribution in [0.15, 0.2) is 40.8 Å². The van der Waals surface area contributed by atoms with Crippen LogP contribution in [0, 0.1) is 0 Å². The van der Waals surface area contributed by atoms with E-state index in [1.165, 1.54) is 0 Å². The molecule has 0 saturated heterocycles. The number of hydrazine groups is 1. The molecule has 2 rings (SSSR count). The zero-order valence-electron chi connectivity index (χ0n) is 12.0. The molecule has 1 atom stereocenters. The van der Waals surface area contributed by atoms with Crippen molar-refractivity contribution < 1.29 is 9.21 Å². The van der Waals surface area contributed by atoms with Gasteiger partial charge in [-0.25, -0.2) is 5.84 Å². The molecule has 0 spiro atoms. The lowest BCUT2D eigenvalue weighted by Gasteiger charge is -2.24. The fraction of sp³-hybridized carbons (Fsp3) is 0.267. The predicted octanol–water partition coefficient (Wildman–Crippen LogP) is 2.73. The molecule has 0 saturated carbocycles.